The van der Waals surface area contributed by atoms with Crippen molar-refractivity contribution in [2.24, 2.45) is 0 Å². The predicted molar refractivity (Wildman–Crippen MR) is 57.5 cm³/mol. The molecular weight excluding hydrogens is 211 g/mol. The maximum atomic E-state index is 12.7. The molecule has 0 aliphatic rings. The van der Waals surface area contributed by atoms with Gasteiger partial charge >= 0.3 is 0 Å². The van der Waals surface area contributed by atoms with Gasteiger partial charge in [0.2, 0.25) is 0 Å². The molecule has 0 saturated carbocycles. The number of benzene rings is 1. The molecule has 3 N–H and O–H groups in total. The molecule has 82 valence electrons. The van der Waals surface area contributed by atoms with Gasteiger partial charge in [-0.15, -0.1) is 0 Å². The van der Waals surface area contributed by atoms with Gasteiger partial charge in [-0.05, 0) is 30.3 Å². The standard InChI is InChI=1S/C11H9FN2O2/c12-7-3-4-9(8(13)6-7)14-11(15)10-2-1-5-16-10/h1-6H,13H2,(H,14,15). The van der Waals surface area contributed by atoms with E-state index in [2.05, 4.69) is 5.32 Å². The zero-order chi connectivity index (χ0) is 11.5. The molecule has 16 heavy (non-hydrogen) atoms. The SMILES string of the molecule is Nc1cc(F)ccc1NC(=O)c1ccco1. The van der Waals surface area contributed by atoms with E-state index in [1.54, 1.807) is 6.07 Å². The van der Waals surface area contributed by atoms with Crippen molar-refractivity contribution in [2.45, 2.75) is 0 Å². The lowest BCUT2D eigenvalue weighted by atomic mass is 10.2. The zero-order valence-corrected chi connectivity index (χ0v) is 8.24. The topological polar surface area (TPSA) is 68.3 Å². The van der Waals surface area contributed by atoms with Crippen molar-refractivity contribution in [3.05, 3.63) is 48.2 Å². The van der Waals surface area contributed by atoms with Crippen LogP contribution in [0.1, 0.15) is 10.6 Å². The average Bonchev–Trinajstić information content (AvgIpc) is 2.75. The maximum Gasteiger partial charge on any atom is 0.291 e. The Morgan fingerprint density at radius 2 is 2.19 bits per heavy atom. The molecule has 0 atom stereocenters. The second-order valence-electron chi connectivity index (χ2n) is 3.16. The van der Waals surface area contributed by atoms with Gasteiger partial charge in [-0.25, -0.2) is 4.39 Å². The van der Waals surface area contributed by atoms with Gasteiger partial charge < -0.3 is 15.5 Å². The zero-order valence-electron chi connectivity index (χ0n) is 8.24. The van der Waals surface area contributed by atoms with E-state index in [0.29, 0.717) is 5.69 Å². The number of nitrogens with one attached hydrogen (secondary N) is 1. The lowest BCUT2D eigenvalue weighted by Gasteiger charge is -2.06. The number of nitrogen functional groups attached to an aromatic ring is 1. The molecule has 4 nitrogen and oxygen atoms in total. The number of amides is 1. The van der Waals surface area contributed by atoms with Gasteiger partial charge in [0.1, 0.15) is 5.82 Å². The van der Waals surface area contributed by atoms with E-state index in [4.69, 9.17) is 10.2 Å². The molecule has 5 heteroatoms. The lowest BCUT2D eigenvalue weighted by Crippen LogP contribution is -2.12. The van der Waals surface area contributed by atoms with Crippen molar-refractivity contribution in [3.8, 4) is 0 Å². The van der Waals surface area contributed by atoms with Crippen LogP contribution in [0.25, 0.3) is 0 Å². The fraction of sp³-hybridized carbons (Fsp3) is 0. The molecule has 0 aliphatic carbocycles. The fourth-order valence-electron chi connectivity index (χ4n) is 1.24. The van der Waals surface area contributed by atoms with Gasteiger partial charge in [0.25, 0.3) is 5.91 Å². The van der Waals surface area contributed by atoms with Crippen LogP contribution in [0.2, 0.25) is 0 Å². The first-order valence-electron chi connectivity index (χ1n) is 4.56. The highest BCUT2D eigenvalue weighted by molar-refractivity contribution is 6.03. The number of nitrogens with two attached hydrogens (primary N) is 1. The summed E-state index contributed by atoms with van der Waals surface area (Å²) in [6.45, 7) is 0. The normalized spacial score (nSPS) is 10.1. The Morgan fingerprint density at radius 1 is 1.38 bits per heavy atom. The summed E-state index contributed by atoms with van der Waals surface area (Å²) in [6, 6.07) is 6.87. The first-order chi connectivity index (χ1) is 7.66. The van der Waals surface area contributed by atoms with Crippen LogP contribution in [0.3, 0.4) is 0 Å². The largest absolute Gasteiger partial charge is 0.459 e. The number of anilines is 2. The summed E-state index contributed by atoms with van der Waals surface area (Å²) < 4.78 is 17.7. The first kappa shape index (κ1) is 10.2. The third-order valence-electron chi connectivity index (χ3n) is 2.01. The van der Waals surface area contributed by atoms with Crippen molar-refractivity contribution in [1.82, 2.24) is 0 Å². The van der Waals surface area contributed by atoms with Crippen LogP contribution < -0.4 is 11.1 Å². The van der Waals surface area contributed by atoms with Crippen LogP contribution in [0.15, 0.2) is 41.0 Å². The Morgan fingerprint density at radius 3 is 2.81 bits per heavy atom. The minimum atomic E-state index is -0.450. The van der Waals surface area contributed by atoms with E-state index in [-0.39, 0.29) is 11.4 Å². The number of furan rings is 1. The second kappa shape index (κ2) is 4.06. The molecule has 0 fully saturated rings. The van der Waals surface area contributed by atoms with Crippen molar-refractivity contribution in [1.29, 1.82) is 0 Å². The molecule has 0 aliphatic heterocycles. The Balaban J connectivity index is 2.18. The van der Waals surface area contributed by atoms with Crippen LogP contribution in [-0.4, -0.2) is 5.91 Å². The van der Waals surface area contributed by atoms with Gasteiger partial charge in [-0.1, -0.05) is 0 Å². The summed E-state index contributed by atoms with van der Waals surface area (Å²) >= 11 is 0. The molecule has 1 aromatic heterocycles. The van der Waals surface area contributed by atoms with Crippen molar-refractivity contribution in [3.63, 3.8) is 0 Å². The molecule has 1 amide bonds. The van der Waals surface area contributed by atoms with Gasteiger partial charge in [0.15, 0.2) is 5.76 Å². The van der Waals surface area contributed by atoms with Crippen LogP contribution in [0.4, 0.5) is 15.8 Å². The van der Waals surface area contributed by atoms with E-state index in [1.165, 1.54) is 24.5 Å². The second-order valence-corrected chi connectivity index (χ2v) is 3.16. The molecule has 2 aromatic rings. The Kier molecular flexibility index (Phi) is 2.59. The predicted octanol–water partition coefficient (Wildman–Crippen LogP) is 2.25. The van der Waals surface area contributed by atoms with E-state index < -0.39 is 11.7 Å². The highest BCUT2D eigenvalue weighted by atomic mass is 19.1. The van der Waals surface area contributed by atoms with E-state index in [9.17, 15) is 9.18 Å². The van der Waals surface area contributed by atoms with Crippen LogP contribution in [0, 0.1) is 5.82 Å². The van der Waals surface area contributed by atoms with Crippen molar-refractivity contribution < 1.29 is 13.6 Å². The van der Waals surface area contributed by atoms with E-state index in [1.807, 2.05) is 0 Å². The van der Waals surface area contributed by atoms with Crippen molar-refractivity contribution in [2.75, 3.05) is 11.1 Å². The Bertz CT molecular complexity index is 509. The van der Waals surface area contributed by atoms with Gasteiger partial charge in [-0.2, -0.15) is 0 Å². The minimum Gasteiger partial charge on any atom is -0.459 e. The van der Waals surface area contributed by atoms with E-state index >= 15 is 0 Å². The van der Waals surface area contributed by atoms with E-state index in [0.717, 1.165) is 6.07 Å². The van der Waals surface area contributed by atoms with Crippen molar-refractivity contribution >= 4 is 17.3 Å². The quantitative estimate of drug-likeness (QED) is 0.762. The third kappa shape index (κ3) is 2.03. The number of carbonyl (C=O) groups is 1. The lowest BCUT2D eigenvalue weighted by molar-refractivity contribution is 0.0996. The summed E-state index contributed by atoms with van der Waals surface area (Å²) in [5, 5.41) is 2.52. The molecule has 0 bridgehead atoms. The number of hydrogen-bond donors (Lipinski definition) is 2. The minimum absolute atomic E-state index is 0.167. The molecular formula is C11H9FN2O2. The fourth-order valence-corrected chi connectivity index (χ4v) is 1.24. The Hall–Kier alpha value is -2.30. The van der Waals surface area contributed by atoms with Crippen LogP contribution in [0.5, 0.6) is 0 Å². The highest BCUT2D eigenvalue weighted by Gasteiger charge is 2.10. The first-order valence-corrected chi connectivity index (χ1v) is 4.56. The van der Waals surface area contributed by atoms with Gasteiger partial charge in [-0.3, -0.25) is 4.79 Å². The van der Waals surface area contributed by atoms with Crippen LogP contribution in [-0.2, 0) is 0 Å². The average molecular weight is 220 g/mol. The molecule has 0 radical (unpaired) electrons. The summed E-state index contributed by atoms with van der Waals surface area (Å²) in [4.78, 5) is 11.6. The summed E-state index contributed by atoms with van der Waals surface area (Å²) in [6.07, 6.45) is 1.39. The number of rotatable bonds is 2. The monoisotopic (exact) mass is 220 g/mol. The van der Waals surface area contributed by atoms with Crippen LogP contribution >= 0.6 is 0 Å². The molecule has 1 heterocycles. The maximum absolute atomic E-state index is 12.7. The van der Waals surface area contributed by atoms with Gasteiger partial charge in [0.05, 0.1) is 17.6 Å². The smallest absolute Gasteiger partial charge is 0.291 e. The highest BCUT2D eigenvalue weighted by Crippen LogP contribution is 2.19. The summed E-state index contributed by atoms with van der Waals surface area (Å²) in [5.74, 6) is -0.708. The molecule has 0 spiro atoms. The number of carbonyl (C=O) groups excluding carboxylic acids is 1. The third-order valence-corrected chi connectivity index (χ3v) is 2.01. The summed E-state index contributed by atoms with van der Waals surface area (Å²) in [7, 11) is 0. The molecule has 1 aromatic carbocycles. The number of halogens is 1. The molecule has 0 saturated heterocycles. The number of hydrogen-bond acceptors (Lipinski definition) is 3. The Labute approximate surface area is 90.9 Å². The molecule has 0 unspecified atom stereocenters. The van der Waals surface area contributed by atoms with Gasteiger partial charge in [0, 0.05) is 0 Å². The molecule has 2 rings (SSSR count). The summed E-state index contributed by atoms with van der Waals surface area (Å²) in [5.41, 5.74) is 6.05.